The molecule has 0 unspecified atom stereocenters. The highest BCUT2D eigenvalue weighted by Gasteiger charge is 2.35. The maximum absolute atomic E-state index is 12.5. The smallest absolute Gasteiger partial charge is 0.235 e. The zero-order valence-electron chi connectivity index (χ0n) is 16.7. The average molecular weight is 396 g/mol. The van der Waals surface area contributed by atoms with Crippen molar-refractivity contribution in [2.45, 2.75) is 63.5 Å². The summed E-state index contributed by atoms with van der Waals surface area (Å²) in [5, 5.41) is 17.9. The Morgan fingerprint density at radius 3 is 2.46 bits per heavy atom. The third-order valence-electron chi connectivity index (χ3n) is 5.80. The maximum atomic E-state index is 12.5. The van der Waals surface area contributed by atoms with Crippen molar-refractivity contribution in [1.29, 1.82) is 5.26 Å². The average Bonchev–Trinajstić information content (AvgIpc) is 3.41. The van der Waals surface area contributed by atoms with Crippen molar-refractivity contribution in [3.8, 4) is 6.07 Å². The van der Waals surface area contributed by atoms with E-state index in [9.17, 15) is 10.1 Å². The number of carbonyl (C=O) groups is 1. The van der Waals surface area contributed by atoms with Crippen molar-refractivity contribution in [3.05, 3.63) is 57.8 Å². The second kappa shape index (κ2) is 9.36. The summed E-state index contributed by atoms with van der Waals surface area (Å²) in [4.78, 5) is 13.7. The van der Waals surface area contributed by atoms with Crippen LogP contribution in [0, 0.1) is 11.3 Å². The molecule has 0 aliphatic heterocycles. The molecule has 28 heavy (non-hydrogen) atoms. The Labute approximate surface area is 172 Å². The van der Waals surface area contributed by atoms with Crippen LogP contribution in [0.3, 0.4) is 0 Å². The largest absolute Gasteiger partial charge is 0.337 e. The lowest BCUT2D eigenvalue weighted by Crippen LogP contribution is -2.48. The fraction of sp³-hybridized carbons (Fsp3) is 0.478. The molecule has 1 aromatic heterocycles. The van der Waals surface area contributed by atoms with Crippen molar-refractivity contribution in [1.82, 2.24) is 10.6 Å². The van der Waals surface area contributed by atoms with Gasteiger partial charge in [-0.1, -0.05) is 44.2 Å². The highest BCUT2D eigenvalue weighted by atomic mass is 32.1. The van der Waals surface area contributed by atoms with E-state index in [1.165, 1.54) is 10.4 Å². The van der Waals surface area contributed by atoms with Gasteiger partial charge in [0.05, 0.1) is 18.7 Å². The van der Waals surface area contributed by atoms with Gasteiger partial charge in [0, 0.05) is 4.88 Å². The molecular formula is C23H29N3OS. The Hall–Kier alpha value is -2.16. The topological polar surface area (TPSA) is 64.9 Å². The molecule has 1 amide bonds. The fourth-order valence-electron chi connectivity index (χ4n) is 3.84. The summed E-state index contributed by atoms with van der Waals surface area (Å²) < 4.78 is 0. The predicted octanol–water partition coefficient (Wildman–Crippen LogP) is 4.89. The van der Waals surface area contributed by atoms with Crippen LogP contribution in [0.1, 0.15) is 73.9 Å². The van der Waals surface area contributed by atoms with Crippen LogP contribution in [0.2, 0.25) is 0 Å². The van der Waals surface area contributed by atoms with E-state index in [4.69, 9.17) is 0 Å². The summed E-state index contributed by atoms with van der Waals surface area (Å²) in [5.41, 5.74) is 1.82. The van der Waals surface area contributed by atoms with Crippen LogP contribution in [0.5, 0.6) is 0 Å². The summed E-state index contributed by atoms with van der Waals surface area (Å²) in [6, 6.07) is 15.1. The van der Waals surface area contributed by atoms with E-state index in [0.717, 1.165) is 37.7 Å². The first kappa shape index (κ1) is 20.6. The van der Waals surface area contributed by atoms with Gasteiger partial charge in [-0.2, -0.15) is 5.26 Å². The van der Waals surface area contributed by atoms with Gasteiger partial charge in [0.1, 0.15) is 5.54 Å². The zero-order chi connectivity index (χ0) is 20.0. The molecule has 2 aromatic rings. The van der Waals surface area contributed by atoms with Crippen LogP contribution in [0.15, 0.2) is 41.8 Å². The van der Waals surface area contributed by atoms with Crippen molar-refractivity contribution in [2.24, 2.45) is 0 Å². The van der Waals surface area contributed by atoms with Gasteiger partial charge in [-0.05, 0) is 60.6 Å². The van der Waals surface area contributed by atoms with E-state index in [1.807, 2.05) is 6.07 Å². The van der Waals surface area contributed by atoms with E-state index in [0.29, 0.717) is 5.92 Å². The number of hydrogen-bond acceptors (Lipinski definition) is 4. The van der Waals surface area contributed by atoms with Crippen LogP contribution >= 0.6 is 11.3 Å². The molecule has 1 heterocycles. The minimum Gasteiger partial charge on any atom is -0.337 e. The molecule has 0 saturated heterocycles. The van der Waals surface area contributed by atoms with Gasteiger partial charge in [0.2, 0.25) is 5.91 Å². The number of benzene rings is 1. The Kier molecular flexibility index (Phi) is 6.88. The SMILES string of the molecule is CC[C@@H](C)c1ccc([C@H](NCC(=O)NC2(C#N)CCCC2)c2cccs2)cc1. The Morgan fingerprint density at radius 1 is 1.21 bits per heavy atom. The first-order chi connectivity index (χ1) is 13.6. The highest BCUT2D eigenvalue weighted by molar-refractivity contribution is 7.10. The van der Waals surface area contributed by atoms with Crippen LogP contribution in [0.4, 0.5) is 0 Å². The molecule has 0 bridgehead atoms. The van der Waals surface area contributed by atoms with Crippen molar-refractivity contribution < 1.29 is 4.79 Å². The van der Waals surface area contributed by atoms with Crippen LogP contribution in [-0.4, -0.2) is 18.0 Å². The highest BCUT2D eigenvalue weighted by Crippen LogP contribution is 2.30. The van der Waals surface area contributed by atoms with Crippen LogP contribution < -0.4 is 10.6 Å². The molecule has 0 spiro atoms. The molecule has 1 aromatic carbocycles. The minimum atomic E-state index is -0.671. The van der Waals surface area contributed by atoms with Gasteiger partial charge in [-0.15, -0.1) is 11.3 Å². The standard InChI is InChI=1S/C23H29N3OS/c1-3-17(2)18-8-10-19(11-9-18)22(20-7-6-14-28-20)25-15-21(27)26-23(16-24)12-4-5-13-23/h6-11,14,17,22,25H,3-5,12-13,15H2,1-2H3,(H,26,27)/t17-,22+/m1/s1. The summed E-state index contributed by atoms with van der Waals surface area (Å²) in [6.45, 7) is 4.63. The first-order valence-corrected chi connectivity index (χ1v) is 11.0. The fourth-order valence-corrected chi connectivity index (χ4v) is 4.67. The normalized spacial score (nSPS) is 17.6. The Bertz CT molecular complexity index is 801. The number of carbonyl (C=O) groups excluding carboxylic acids is 1. The minimum absolute atomic E-state index is 0.0293. The Morgan fingerprint density at radius 2 is 1.89 bits per heavy atom. The number of nitrogens with zero attached hydrogens (tertiary/aromatic N) is 1. The quantitative estimate of drug-likeness (QED) is 0.668. The summed E-state index contributed by atoms with van der Waals surface area (Å²) in [7, 11) is 0. The molecule has 1 aliphatic rings. The van der Waals surface area contributed by atoms with E-state index in [-0.39, 0.29) is 18.5 Å². The maximum Gasteiger partial charge on any atom is 0.235 e. The van der Waals surface area contributed by atoms with Crippen molar-refractivity contribution in [3.63, 3.8) is 0 Å². The molecule has 2 atom stereocenters. The molecular weight excluding hydrogens is 366 g/mol. The molecule has 1 fully saturated rings. The van der Waals surface area contributed by atoms with Gasteiger partial charge in [-0.3, -0.25) is 10.1 Å². The van der Waals surface area contributed by atoms with E-state index < -0.39 is 5.54 Å². The molecule has 1 saturated carbocycles. The monoisotopic (exact) mass is 395 g/mol. The number of nitrogens with one attached hydrogen (secondary N) is 2. The molecule has 2 N–H and O–H groups in total. The number of rotatable bonds is 8. The third-order valence-corrected chi connectivity index (χ3v) is 6.73. The molecule has 0 radical (unpaired) electrons. The number of nitriles is 1. The number of amides is 1. The summed E-state index contributed by atoms with van der Waals surface area (Å²) in [6.07, 6.45) is 4.62. The Balaban J connectivity index is 1.69. The number of thiophene rings is 1. The first-order valence-electron chi connectivity index (χ1n) is 10.2. The summed E-state index contributed by atoms with van der Waals surface area (Å²) in [5.74, 6) is 0.433. The molecule has 3 rings (SSSR count). The van der Waals surface area contributed by atoms with E-state index in [1.54, 1.807) is 11.3 Å². The van der Waals surface area contributed by atoms with Gasteiger partial charge in [0.15, 0.2) is 0 Å². The number of hydrogen-bond donors (Lipinski definition) is 2. The van der Waals surface area contributed by atoms with Crippen molar-refractivity contribution >= 4 is 17.2 Å². The second-order valence-electron chi connectivity index (χ2n) is 7.75. The molecule has 4 nitrogen and oxygen atoms in total. The van der Waals surface area contributed by atoms with Crippen LogP contribution in [-0.2, 0) is 4.79 Å². The third kappa shape index (κ3) is 4.81. The van der Waals surface area contributed by atoms with Gasteiger partial charge < -0.3 is 5.32 Å². The predicted molar refractivity (Wildman–Crippen MR) is 114 cm³/mol. The lowest BCUT2D eigenvalue weighted by Gasteiger charge is -2.24. The lowest BCUT2D eigenvalue weighted by atomic mass is 9.95. The molecule has 148 valence electrons. The van der Waals surface area contributed by atoms with Gasteiger partial charge in [0.25, 0.3) is 0 Å². The second-order valence-corrected chi connectivity index (χ2v) is 8.73. The van der Waals surface area contributed by atoms with Gasteiger partial charge >= 0.3 is 0 Å². The lowest BCUT2D eigenvalue weighted by molar-refractivity contribution is -0.121. The molecule has 5 heteroatoms. The van der Waals surface area contributed by atoms with E-state index >= 15 is 0 Å². The van der Waals surface area contributed by atoms with Crippen molar-refractivity contribution in [2.75, 3.05) is 6.54 Å². The van der Waals surface area contributed by atoms with Crippen LogP contribution in [0.25, 0.3) is 0 Å². The van der Waals surface area contributed by atoms with Gasteiger partial charge in [-0.25, -0.2) is 0 Å². The summed E-state index contributed by atoms with van der Waals surface area (Å²) >= 11 is 1.68. The molecule has 1 aliphatic carbocycles. The zero-order valence-corrected chi connectivity index (χ0v) is 17.5. The van der Waals surface area contributed by atoms with E-state index in [2.05, 4.69) is 66.3 Å².